The third-order valence-corrected chi connectivity index (χ3v) is 5.92. The van der Waals surface area contributed by atoms with E-state index in [9.17, 15) is 9.59 Å². The van der Waals surface area contributed by atoms with Crippen LogP contribution in [0.2, 0.25) is 0 Å². The van der Waals surface area contributed by atoms with Crippen LogP contribution in [0.1, 0.15) is 28.2 Å². The Morgan fingerprint density at radius 2 is 2.06 bits per heavy atom. The van der Waals surface area contributed by atoms with Gasteiger partial charge >= 0.3 is 0 Å². The lowest BCUT2D eigenvalue weighted by Gasteiger charge is -2.10. The van der Waals surface area contributed by atoms with E-state index in [-0.39, 0.29) is 23.7 Å². The fourth-order valence-electron chi connectivity index (χ4n) is 4.01. The number of fused-ring (bicyclic) bond motifs is 1. The molecule has 2 amide bonds. The van der Waals surface area contributed by atoms with Crippen molar-refractivity contribution in [1.29, 1.82) is 5.26 Å². The SMILES string of the molecule is CNC(=O)c1c(C)c(-c2cc3cc(NC(=O)[C@H]4C[C@@H]4C#N)ncc3c(N)n2)c(C)n1C. The molecule has 1 saturated carbocycles. The molecule has 0 unspecified atom stereocenters. The molecule has 0 spiro atoms. The van der Waals surface area contributed by atoms with Gasteiger partial charge in [0.15, 0.2) is 0 Å². The number of nitrogen functional groups attached to an aromatic ring is 1. The van der Waals surface area contributed by atoms with Crippen molar-refractivity contribution >= 4 is 34.2 Å². The van der Waals surface area contributed by atoms with Crippen molar-refractivity contribution in [3.63, 3.8) is 0 Å². The van der Waals surface area contributed by atoms with Crippen LogP contribution in [0.4, 0.5) is 11.6 Å². The monoisotopic (exact) mass is 417 g/mol. The maximum atomic E-state index is 12.3. The third kappa shape index (κ3) is 3.36. The zero-order valence-electron chi connectivity index (χ0n) is 17.8. The highest BCUT2D eigenvalue weighted by atomic mass is 16.2. The fourth-order valence-corrected chi connectivity index (χ4v) is 4.01. The molecule has 1 aliphatic rings. The first-order valence-electron chi connectivity index (χ1n) is 9.91. The number of carbonyl (C=O) groups excluding carboxylic acids is 2. The van der Waals surface area contributed by atoms with Gasteiger partial charge in [0, 0.05) is 36.9 Å². The molecule has 0 bridgehead atoms. The summed E-state index contributed by atoms with van der Waals surface area (Å²) in [5.74, 6) is -0.165. The number of amides is 2. The summed E-state index contributed by atoms with van der Waals surface area (Å²) in [6.07, 6.45) is 2.16. The maximum Gasteiger partial charge on any atom is 0.267 e. The lowest BCUT2D eigenvalue weighted by molar-refractivity contribution is -0.117. The lowest BCUT2D eigenvalue weighted by Crippen LogP contribution is -2.21. The number of aromatic nitrogens is 3. The molecule has 1 fully saturated rings. The number of pyridine rings is 2. The average molecular weight is 417 g/mol. The second kappa shape index (κ2) is 7.40. The standard InChI is InChI=1S/C22H23N7O2/c1-10-18(11(2)29(4)19(10)22(31)25-3)16-6-12-7-17(26-9-15(12)20(24)27-16)28-21(30)14-5-13(14)8-23/h6-7,9,13-14H,5H2,1-4H3,(H2,24,27)(H,25,31)(H,26,28,30)/t13-,14+/m1/s1. The molecule has 9 heteroatoms. The number of nitrogens with zero attached hydrogens (tertiary/aromatic N) is 4. The molecule has 0 saturated heterocycles. The Labute approximate surface area is 179 Å². The molecule has 1 aliphatic carbocycles. The van der Waals surface area contributed by atoms with Crippen molar-refractivity contribution in [3.8, 4) is 17.3 Å². The molecular formula is C22H23N7O2. The molecule has 3 heterocycles. The number of nitrogens with one attached hydrogen (secondary N) is 2. The van der Waals surface area contributed by atoms with Gasteiger partial charge in [-0.25, -0.2) is 9.97 Å². The molecule has 0 aromatic carbocycles. The summed E-state index contributed by atoms with van der Waals surface area (Å²) in [5, 5.41) is 15.8. The van der Waals surface area contributed by atoms with Crippen LogP contribution in [0.3, 0.4) is 0 Å². The van der Waals surface area contributed by atoms with E-state index in [0.29, 0.717) is 34.8 Å². The largest absolute Gasteiger partial charge is 0.383 e. The molecule has 2 atom stereocenters. The molecule has 0 aliphatic heterocycles. The highest BCUT2D eigenvalue weighted by molar-refractivity contribution is 6.00. The Kier molecular flexibility index (Phi) is 4.85. The summed E-state index contributed by atoms with van der Waals surface area (Å²) in [6.45, 7) is 3.81. The van der Waals surface area contributed by atoms with Crippen LogP contribution in [0.15, 0.2) is 18.3 Å². The molecule has 3 aromatic rings. The minimum atomic E-state index is -0.279. The van der Waals surface area contributed by atoms with Gasteiger partial charge in [-0.05, 0) is 43.4 Å². The fraction of sp³-hybridized carbons (Fsp3) is 0.318. The quantitative estimate of drug-likeness (QED) is 0.595. The minimum absolute atomic E-state index is 0.173. The molecule has 31 heavy (non-hydrogen) atoms. The van der Waals surface area contributed by atoms with E-state index in [1.165, 1.54) is 0 Å². The van der Waals surface area contributed by atoms with Crippen LogP contribution in [0.25, 0.3) is 22.0 Å². The number of nitriles is 1. The Morgan fingerprint density at radius 3 is 2.71 bits per heavy atom. The van der Waals surface area contributed by atoms with Crippen molar-refractivity contribution in [3.05, 3.63) is 35.3 Å². The van der Waals surface area contributed by atoms with E-state index in [1.807, 2.05) is 31.5 Å². The Bertz CT molecular complexity index is 1290. The van der Waals surface area contributed by atoms with Crippen LogP contribution in [0.5, 0.6) is 0 Å². The number of rotatable bonds is 4. The van der Waals surface area contributed by atoms with Gasteiger partial charge in [0.05, 0.1) is 23.6 Å². The number of hydrogen-bond donors (Lipinski definition) is 3. The average Bonchev–Trinajstić information content (AvgIpc) is 3.49. The van der Waals surface area contributed by atoms with Gasteiger partial charge in [-0.1, -0.05) is 0 Å². The Hall–Kier alpha value is -3.93. The summed E-state index contributed by atoms with van der Waals surface area (Å²) >= 11 is 0. The normalized spacial score (nSPS) is 17.3. The van der Waals surface area contributed by atoms with Crippen molar-refractivity contribution < 1.29 is 9.59 Å². The predicted octanol–water partition coefficient (Wildman–Crippen LogP) is 2.29. The molecule has 9 nitrogen and oxygen atoms in total. The smallest absolute Gasteiger partial charge is 0.267 e. The van der Waals surface area contributed by atoms with Gasteiger partial charge in [0.25, 0.3) is 5.91 Å². The number of carbonyl (C=O) groups is 2. The zero-order chi connectivity index (χ0) is 22.4. The third-order valence-electron chi connectivity index (χ3n) is 5.92. The molecular weight excluding hydrogens is 394 g/mol. The van der Waals surface area contributed by atoms with Crippen LogP contribution >= 0.6 is 0 Å². The molecule has 3 aromatic heterocycles. The molecule has 158 valence electrons. The zero-order valence-corrected chi connectivity index (χ0v) is 17.8. The number of nitrogens with two attached hydrogens (primary N) is 1. The van der Waals surface area contributed by atoms with E-state index in [0.717, 1.165) is 22.2 Å². The first-order chi connectivity index (χ1) is 14.8. The van der Waals surface area contributed by atoms with E-state index in [1.54, 1.807) is 19.3 Å². The molecule has 4 N–H and O–H groups in total. The number of hydrogen-bond acceptors (Lipinski definition) is 6. The lowest BCUT2D eigenvalue weighted by atomic mass is 10.0. The second-order valence-corrected chi connectivity index (χ2v) is 7.82. The van der Waals surface area contributed by atoms with E-state index in [2.05, 4.69) is 26.7 Å². The van der Waals surface area contributed by atoms with Crippen molar-refractivity contribution in [2.75, 3.05) is 18.1 Å². The van der Waals surface area contributed by atoms with E-state index < -0.39 is 0 Å². The number of anilines is 2. The van der Waals surface area contributed by atoms with Gasteiger partial charge in [-0.3, -0.25) is 9.59 Å². The van der Waals surface area contributed by atoms with Gasteiger partial charge in [-0.2, -0.15) is 5.26 Å². The summed E-state index contributed by atoms with van der Waals surface area (Å²) in [5.41, 5.74) is 9.95. The summed E-state index contributed by atoms with van der Waals surface area (Å²) in [7, 11) is 3.43. The maximum absolute atomic E-state index is 12.3. The Morgan fingerprint density at radius 1 is 1.32 bits per heavy atom. The van der Waals surface area contributed by atoms with Crippen molar-refractivity contribution in [2.24, 2.45) is 18.9 Å². The Balaban J connectivity index is 1.76. The highest BCUT2D eigenvalue weighted by Crippen LogP contribution is 2.39. The van der Waals surface area contributed by atoms with Crippen LogP contribution in [0, 0.1) is 37.0 Å². The summed E-state index contributed by atoms with van der Waals surface area (Å²) < 4.78 is 1.84. The van der Waals surface area contributed by atoms with Crippen molar-refractivity contribution in [1.82, 2.24) is 19.9 Å². The minimum Gasteiger partial charge on any atom is -0.383 e. The second-order valence-electron chi connectivity index (χ2n) is 7.82. The van der Waals surface area contributed by atoms with Crippen LogP contribution < -0.4 is 16.4 Å². The van der Waals surface area contributed by atoms with Gasteiger partial charge < -0.3 is 20.9 Å². The van der Waals surface area contributed by atoms with E-state index >= 15 is 0 Å². The van der Waals surface area contributed by atoms with Crippen LogP contribution in [-0.2, 0) is 11.8 Å². The molecule has 0 radical (unpaired) electrons. The van der Waals surface area contributed by atoms with Crippen LogP contribution in [-0.4, -0.2) is 33.4 Å². The highest BCUT2D eigenvalue weighted by Gasteiger charge is 2.43. The predicted molar refractivity (Wildman–Crippen MR) is 117 cm³/mol. The van der Waals surface area contributed by atoms with Gasteiger partial charge in [-0.15, -0.1) is 0 Å². The van der Waals surface area contributed by atoms with Gasteiger partial charge in [0.2, 0.25) is 5.91 Å². The van der Waals surface area contributed by atoms with Gasteiger partial charge in [0.1, 0.15) is 17.3 Å². The summed E-state index contributed by atoms with van der Waals surface area (Å²) in [6, 6.07) is 5.73. The first kappa shape index (κ1) is 20.3. The molecule has 4 rings (SSSR count). The topological polar surface area (TPSA) is 139 Å². The van der Waals surface area contributed by atoms with E-state index in [4.69, 9.17) is 11.0 Å². The first-order valence-corrected chi connectivity index (χ1v) is 9.91. The summed E-state index contributed by atoms with van der Waals surface area (Å²) in [4.78, 5) is 33.4. The van der Waals surface area contributed by atoms with Crippen molar-refractivity contribution in [2.45, 2.75) is 20.3 Å².